The average molecular weight is 240 g/mol. The van der Waals surface area contributed by atoms with Crippen molar-refractivity contribution in [2.24, 2.45) is 5.41 Å². The number of piperazine rings is 1. The quantitative estimate of drug-likeness (QED) is 0.754. The zero-order valence-electron chi connectivity index (χ0n) is 12.3. The monoisotopic (exact) mass is 240 g/mol. The van der Waals surface area contributed by atoms with Crippen molar-refractivity contribution >= 4 is 5.78 Å². The highest BCUT2D eigenvalue weighted by Gasteiger charge is 2.30. The summed E-state index contributed by atoms with van der Waals surface area (Å²) in [5.41, 5.74) is 0.0616. The van der Waals surface area contributed by atoms with E-state index < -0.39 is 0 Å². The lowest BCUT2D eigenvalue weighted by atomic mass is 9.88. The number of hydrogen-bond donors (Lipinski definition) is 0. The van der Waals surface area contributed by atoms with Gasteiger partial charge in [-0.1, -0.05) is 13.8 Å². The van der Waals surface area contributed by atoms with Crippen LogP contribution in [0.4, 0.5) is 0 Å². The van der Waals surface area contributed by atoms with Gasteiger partial charge in [0.1, 0.15) is 5.78 Å². The number of carbonyl (C=O) groups is 1. The van der Waals surface area contributed by atoms with Crippen LogP contribution in [0.2, 0.25) is 0 Å². The third kappa shape index (κ3) is 4.07. The fourth-order valence-corrected chi connectivity index (χ4v) is 2.25. The van der Waals surface area contributed by atoms with E-state index in [1.807, 2.05) is 13.8 Å². The molecule has 0 spiro atoms. The first-order valence-electron chi connectivity index (χ1n) is 6.61. The normalized spacial score (nSPS) is 20.6. The van der Waals surface area contributed by atoms with E-state index in [2.05, 4.69) is 30.6 Å². The van der Waals surface area contributed by atoms with Crippen LogP contribution in [0.3, 0.4) is 0 Å². The van der Waals surface area contributed by atoms with Gasteiger partial charge < -0.3 is 0 Å². The molecule has 3 heteroatoms. The van der Waals surface area contributed by atoms with Crippen molar-refractivity contribution in [1.29, 1.82) is 0 Å². The SMILES string of the molecule is CC(=O)C(C)(C)CN1CCN(C(C)(C)C)CC1. The molecule has 1 aliphatic rings. The predicted octanol–water partition coefficient (Wildman–Crippen LogP) is 2.02. The largest absolute Gasteiger partial charge is 0.300 e. The molecule has 100 valence electrons. The Bertz CT molecular complexity index is 270. The smallest absolute Gasteiger partial charge is 0.136 e. The minimum absolute atomic E-state index is 0.204. The molecule has 1 aliphatic heterocycles. The number of rotatable bonds is 3. The fraction of sp³-hybridized carbons (Fsp3) is 0.929. The predicted molar refractivity (Wildman–Crippen MR) is 72.2 cm³/mol. The molecule has 0 bridgehead atoms. The molecule has 0 aromatic heterocycles. The van der Waals surface area contributed by atoms with Crippen molar-refractivity contribution in [3.8, 4) is 0 Å². The molecule has 1 fully saturated rings. The summed E-state index contributed by atoms with van der Waals surface area (Å²) in [5, 5.41) is 0. The van der Waals surface area contributed by atoms with Crippen LogP contribution in [-0.4, -0.2) is 53.8 Å². The van der Waals surface area contributed by atoms with Crippen LogP contribution in [0.1, 0.15) is 41.5 Å². The zero-order chi connectivity index (χ0) is 13.3. The van der Waals surface area contributed by atoms with E-state index in [1.165, 1.54) is 0 Å². The standard InChI is InChI=1S/C14H28N2O/c1-12(17)14(5,6)11-15-7-9-16(10-8-15)13(2,3)4/h7-11H2,1-6H3. The van der Waals surface area contributed by atoms with Crippen LogP contribution in [0.25, 0.3) is 0 Å². The molecule has 0 saturated carbocycles. The van der Waals surface area contributed by atoms with Gasteiger partial charge in [-0.15, -0.1) is 0 Å². The van der Waals surface area contributed by atoms with Crippen molar-refractivity contribution in [2.45, 2.75) is 47.1 Å². The van der Waals surface area contributed by atoms with Gasteiger partial charge in [-0.25, -0.2) is 0 Å². The molecule has 0 aromatic carbocycles. The molecule has 0 unspecified atom stereocenters. The molecular weight excluding hydrogens is 212 g/mol. The molecule has 0 N–H and O–H groups in total. The maximum absolute atomic E-state index is 11.5. The molecule has 0 amide bonds. The van der Waals surface area contributed by atoms with Crippen molar-refractivity contribution in [3.05, 3.63) is 0 Å². The highest BCUT2D eigenvalue weighted by Crippen LogP contribution is 2.21. The maximum atomic E-state index is 11.5. The highest BCUT2D eigenvalue weighted by molar-refractivity contribution is 5.81. The van der Waals surface area contributed by atoms with Crippen LogP contribution >= 0.6 is 0 Å². The highest BCUT2D eigenvalue weighted by atomic mass is 16.1. The first-order valence-corrected chi connectivity index (χ1v) is 6.61. The lowest BCUT2D eigenvalue weighted by molar-refractivity contribution is -0.126. The van der Waals surface area contributed by atoms with Crippen LogP contribution < -0.4 is 0 Å². The molecule has 1 saturated heterocycles. The molecule has 3 nitrogen and oxygen atoms in total. The molecule has 0 atom stereocenters. The number of ketones is 1. The Morgan fingerprint density at radius 1 is 1.00 bits per heavy atom. The van der Waals surface area contributed by atoms with E-state index in [1.54, 1.807) is 6.92 Å². The molecule has 1 rings (SSSR count). The first-order chi connectivity index (χ1) is 7.63. The van der Waals surface area contributed by atoms with Gasteiger partial charge in [0.15, 0.2) is 0 Å². The van der Waals surface area contributed by atoms with E-state index in [9.17, 15) is 4.79 Å². The first kappa shape index (κ1) is 14.7. The van der Waals surface area contributed by atoms with Crippen LogP contribution in [0.5, 0.6) is 0 Å². The van der Waals surface area contributed by atoms with E-state index >= 15 is 0 Å². The Hall–Kier alpha value is -0.410. The summed E-state index contributed by atoms with van der Waals surface area (Å²) >= 11 is 0. The molecular formula is C14H28N2O. The minimum Gasteiger partial charge on any atom is -0.300 e. The summed E-state index contributed by atoms with van der Waals surface area (Å²) in [5.74, 6) is 0.288. The molecule has 0 aliphatic carbocycles. The summed E-state index contributed by atoms with van der Waals surface area (Å²) in [6.07, 6.45) is 0. The van der Waals surface area contributed by atoms with Gasteiger partial charge >= 0.3 is 0 Å². The van der Waals surface area contributed by atoms with Crippen LogP contribution in [0.15, 0.2) is 0 Å². The molecule has 1 heterocycles. The fourth-order valence-electron chi connectivity index (χ4n) is 2.25. The topological polar surface area (TPSA) is 23.6 Å². The molecule has 17 heavy (non-hydrogen) atoms. The lowest BCUT2D eigenvalue weighted by Crippen LogP contribution is -2.55. The van der Waals surface area contributed by atoms with E-state index in [0.717, 1.165) is 32.7 Å². The van der Waals surface area contributed by atoms with Gasteiger partial charge in [0, 0.05) is 43.7 Å². The van der Waals surface area contributed by atoms with Gasteiger partial charge in [0.2, 0.25) is 0 Å². The van der Waals surface area contributed by atoms with E-state index in [0.29, 0.717) is 0 Å². The van der Waals surface area contributed by atoms with Gasteiger partial charge in [-0.2, -0.15) is 0 Å². The van der Waals surface area contributed by atoms with Crippen LogP contribution in [-0.2, 0) is 4.79 Å². The minimum atomic E-state index is -0.204. The number of nitrogens with zero attached hydrogens (tertiary/aromatic N) is 2. The summed E-state index contributed by atoms with van der Waals surface area (Å²) in [7, 11) is 0. The van der Waals surface area contributed by atoms with Crippen molar-refractivity contribution in [3.63, 3.8) is 0 Å². The van der Waals surface area contributed by atoms with Gasteiger partial charge in [-0.05, 0) is 27.7 Å². The summed E-state index contributed by atoms with van der Waals surface area (Å²) in [4.78, 5) is 16.5. The average Bonchev–Trinajstić information content (AvgIpc) is 2.16. The Morgan fingerprint density at radius 2 is 1.47 bits per heavy atom. The third-order valence-corrected chi connectivity index (χ3v) is 3.89. The Morgan fingerprint density at radius 3 is 1.82 bits per heavy atom. The summed E-state index contributed by atoms with van der Waals surface area (Å²) in [6.45, 7) is 17.9. The maximum Gasteiger partial charge on any atom is 0.136 e. The second-order valence-electron chi connectivity index (χ2n) is 6.87. The van der Waals surface area contributed by atoms with E-state index in [-0.39, 0.29) is 16.7 Å². The van der Waals surface area contributed by atoms with E-state index in [4.69, 9.17) is 0 Å². The van der Waals surface area contributed by atoms with Crippen LogP contribution in [0, 0.1) is 5.41 Å². The second kappa shape index (κ2) is 5.07. The van der Waals surface area contributed by atoms with Crippen molar-refractivity contribution < 1.29 is 4.79 Å². The van der Waals surface area contributed by atoms with Crippen molar-refractivity contribution in [2.75, 3.05) is 32.7 Å². The number of carbonyl (C=O) groups excluding carboxylic acids is 1. The summed E-state index contributed by atoms with van der Waals surface area (Å²) < 4.78 is 0. The molecule has 0 aromatic rings. The Balaban J connectivity index is 2.46. The Kier molecular flexibility index (Phi) is 4.37. The zero-order valence-corrected chi connectivity index (χ0v) is 12.3. The second-order valence-corrected chi connectivity index (χ2v) is 6.87. The number of hydrogen-bond acceptors (Lipinski definition) is 3. The Labute approximate surface area is 106 Å². The number of Topliss-reactive ketones (excluding diaryl/α,β-unsaturated/α-hetero) is 1. The third-order valence-electron chi connectivity index (χ3n) is 3.89. The molecule has 0 radical (unpaired) electrons. The lowest BCUT2D eigenvalue weighted by Gasteiger charge is -2.43. The van der Waals surface area contributed by atoms with Gasteiger partial charge in [0.05, 0.1) is 0 Å². The summed E-state index contributed by atoms with van der Waals surface area (Å²) in [6, 6.07) is 0. The van der Waals surface area contributed by atoms with Gasteiger partial charge in [0.25, 0.3) is 0 Å². The van der Waals surface area contributed by atoms with Gasteiger partial charge in [-0.3, -0.25) is 14.6 Å². The van der Waals surface area contributed by atoms with Crippen molar-refractivity contribution in [1.82, 2.24) is 9.80 Å².